The van der Waals surface area contributed by atoms with Crippen LogP contribution in [-0.4, -0.2) is 67.8 Å². The molecule has 0 unspecified atom stereocenters. The number of allylic oxidation sites excluding steroid dienone is 4. The molecule has 2 aromatic carbocycles. The van der Waals surface area contributed by atoms with E-state index in [1.54, 1.807) is 35.2 Å². The van der Waals surface area contributed by atoms with Crippen LogP contribution in [0.2, 0.25) is 0 Å². The predicted octanol–water partition coefficient (Wildman–Crippen LogP) is 5.53. The van der Waals surface area contributed by atoms with Crippen molar-refractivity contribution in [1.29, 1.82) is 0 Å². The number of anilines is 1. The van der Waals surface area contributed by atoms with Gasteiger partial charge in [-0.25, -0.2) is 0 Å². The number of rotatable bonds is 11. The third-order valence-electron chi connectivity index (χ3n) is 6.10. The van der Waals surface area contributed by atoms with Gasteiger partial charge in [0.1, 0.15) is 16.2 Å². The largest absolute Gasteiger partial charge is 0.508 e. The lowest BCUT2D eigenvalue weighted by Crippen LogP contribution is -2.36. The number of hydrogen-bond donors (Lipinski definition) is 2. The lowest BCUT2D eigenvalue weighted by molar-refractivity contribution is -0.669. The van der Waals surface area contributed by atoms with Gasteiger partial charge in [-0.2, -0.15) is 4.57 Å². The molecule has 0 spiro atoms. The molecule has 8 heteroatoms. The molecule has 0 saturated heterocycles. The lowest BCUT2D eigenvalue weighted by atomic mass is 10.2. The molecule has 2 heterocycles. The summed E-state index contributed by atoms with van der Waals surface area (Å²) in [6, 6.07) is 11.2. The molecule has 0 amide bonds. The number of fused-ring (bicyclic) bond motifs is 2. The highest BCUT2D eigenvalue weighted by Crippen LogP contribution is 2.47. The fourth-order valence-corrected chi connectivity index (χ4v) is 6.60. The maximum atomic E-state index is 9.94. The third-order valence-corrected chi connectivity index (χ3v) is 8.33. The first-order chi connectivity index (χ1) is 17.8. The molecular formula is C29H37N4O2S2+. The van der Waals surface area contributed by atoms with Gasteiger partial charge in [-0.15, -0.1) is 0 Å². The Hall–Kier alpha value is -2.78. The molecule has 0 bridgehead atoms. The standard InChI is InChI=1S/C29H36N4O2S2/c1-30(2)16-8-18-32-24-14-12-22(34)20-26(24)36-28(32)10-6-5-7-11-29-33(19-9-17-31(3)4)25-15-13-23(35)21-27(25)37-29/h5-7,10-15,20-21H,8-9,16-19H2,1-4H3,(H-,34,35)/p+1. The normalized spacial score (nSPS) is 15.0. The second-order valence-electron chi connectivity index (χ2n) is 9.71. The summed E-state index contributed by atoms with van der Waals surface area (Å²) in [5, 5.41) is 22.2. The van der Waals surface area contributed by atoms with Crippen LogP contribution < -0.4 is 9.47 Å². The van der Waals surface area contributed by atoms with Crippen LogP contribution in [0.15, 0.2) is 70.6 Å². The first-order valence-electron chi connectivity index (χ1n) is 12.6. The summed E-state index contributed by atoms with van der Waals surface area (Å²) in [5.41, 5.74) is 2.31. The highest BCUT2D eigenvalue weighted by Gasteiger charge is 2.24. The number of thioether (sulfide) groups is 1. The fraction of sp³-hybridized carbons (Fsp3) is 0.345. The fourth-order valence-electron chi connectivity index (χ4n) is 4.33. The van der Waals surface area contributed by atoms with Crippen LogP contribution in [-0.2, 0) is 6.54 Å². The van der Waals surface area contributed by atoms with Crippen LogP contribution in [0.1, 0.15) is 17.8 Å². The smallest absolute Gasteiger partial charge is 0.262 e. The molecule has 1 aliphatic heterocycles. The number of aromatic hydroxyl groups is 2. The molecule has 6 nitrogen and oxygen atoms in total. The van der Waals surface area contributed by atoms with Gasteiger partial charge in [0.2, 0.25) is 5.52 Å². The van der Waals surface area contributed by atoms with Crippen molar-refractivity contribution in [3.8, 4) is 11.5 Å². The van der Waals surface area contributed by atoms with Gasteiger partial charge in [-0.1, -0.05) is 41.3 Å². The summed E-state index contributed by atoms with van der Waals surface area (Å²) in [5.74, 6) is 0.601. The van der Waals surface area contributed by atoms with Gasteiger partial charge < -0.3 is 24.9 Å². The summed E-state index contributed by atoms with van der Waals surface area (Å²) in [7, 11) is 8.40. The maximum absolute atomic E-state index is 9.94. The van der Waals surface area contributed by atoms with Crippen LogP contribution in [0.3, 0.4) is 0 Å². The van der Waals surface area contributed by atoms with Crippen molar-refractivity contribution in [1.82, 2.24) is 9.80 Å². The molecule has 0 saturated carbocycles. The van der Waals surface area contributed by atoms with Crippen molar-refractivity contribution in [2.45, 2.75) is 24.3 Å². The minimum Gasteiger partial charge on any atom is -0.508 e. The minimum absolute atomic E-state index is 0.301. The number of benzene rings is 2. The van der Waals surface area contributed by atoms with Gasteiger partial charge in [0.25, 0.3) is 5.01 Å². The van der Waals surface area contributed by atoms with Gasteiger partial charge in [0, 0.05) is 42.6 Å². The monoisotopic (exact) mass is 537 g/mol. The Morgan fingerprint density at radius 3 is 2.41 bits per heavy atom. The summed E-state index contributed by atoms with van der Waals surface area (Å²) >= 11 is 3.40. The average molecular weight is 538 g/mol. The predicted molar refractivity (Wildman–Crippen MR) is 158 cm³/mol. The summed E-state index contributed by atoms with van der Waals surface area (Å²) < 4.78 is 3.43. The van der Waals surface area contributed by atoms with E-state index in [2.05, 4.69) is 77.8 Å². The van der Waals surface area contributed by atoms with Crippen molar-refractivity contribution in [2.24, 2.45) is 0 Å². The topological polar surface area (TPSA) is 54.1 Å². The minimum atomic E-state index is 0.301. The van der Waals surface area contributed by atoms with Crippen molar-refractivity contribution in [2.75, 3.05) is 52.7 Å². The van der Waals surface area contributed by atoms with Crippen molar-refractivity contribution >= 4 is 45.1 Å². The van der Waals surface area contributed by atoms with E-state index < -0.39 is 0 Å². The van der Waals surface area contributed by atoms with E-state index >= 15 is 0 Å². The quantitative estimate of drug-likeness (QED) is 0.248. The van der Waals surface area contributed by atoms with E-state index in [0.717, 1.165) is 59.8 Å². The first-order valence-corrected chi connectivity index (χ1v) is 14.2. The third kappa shape index (κ3) is 7.17. The highest BCUT2D eigenvalue weighted by molar-refractivity contribution is 8.03. The molecule has 0 aliphatic carbocycles. The van der Waals surface area contributed by atoms with Gasteiger partial charge >= 0.3 is 0 Å². The lowest BCUT2D eigenvalue weighted by Gasteiger charge is -2.21. The Morgan fingerprint density at radius 1 is 0.892 bits per heavy atom. The number of aromatic nitrogens is 1. The Labute approximate surface area is 228 Å². The number of nitrogens with zero attached hydrogens (tertiary/aromatic N) is 4. The second kappa shape index (κ2) is 12.6. The zero-order chi connectivity index (χ0) is 26.4. The van der Waals surface area contributed by atoms with Crippen LogP contribution in [0.25, 0.3) is 16.3 Å². The number of phenols is 2. The van der Waals surface area contributed by atoms with E-state index in [9.17, 15) is 10.2 Å². The molecule has 0 radical (unpaired) electrons. The number of hydrogen-bond acceptors (Lipinski definition) is 7. The molecule has 1 aliphatic rings. The van der Waals surface area contributed by atoms with Gasteiger partial charge in [-0.05, 0) is 71.5 Å². The van der Waals surface area contributed by atoms with Crippen molar-refractivity contribution in [3.05, 3.63) is 70.7 Å². The second-order valence-corrected chi connectivity index (χ2v) is 11.8. The Kier molecular flexibility index (Phi) is 9.32. The van der Waals surface area contributed by atoms with E-state index in [1.807, 2.05) is 24.3 Å². The molecule has 1 aromatic heterocycles. The summed E-state index contributed by atoms with van der Waals surface area (Å²) in [6.45, 7) is 3.92. The van der Waals surface area contributed by atoms with Crippen LogP contribution in [0, 0.1) is 0 Å². The maximum Gasteiger partial charge on any atom is 0.262 e. The first kappa shape index (κ1) is 27.3. The van der Waals surface area contributed by atoms with Crippen LogP contribution >= 0.6 is 23.1 Å². The van der Waals surface area contributed by atoms with E-state index in [1.165, 1.54) is 10.0 Å². The van der Waals surface area contributed by atoms with Crippen LogP contribution in [0.4, 0.5) is 5.69 Å². The Morgan fingerprint density at radius 2 is 1.62 bits per heavy atom. The highest BCUT2D eigenvalue weighted by atomic mass is 32.2. The number of aryl methyl sites for hydroxylation is 1. The SMILES string of the molecule is CN(C)CCCN1/C(=C/C=C/C=C/c2sc3cc(O)ccc3[n+]2CCCN(C)C)Sc2cc(O)ccc21. The van der Waals surface area contributed by atoms with Gasteiger partial charge in [0.15, 0.2) is 6.54 Å². The van der Waals surface area contributed by atoms with Gasteiger partial charge in [0.05, 0.1) is 10.7 Å². The molecule has 37 heavy (non-hydrogen) atoms. The van der Waals surface area contributed by atoms with E-state index in [4.69, 9.17) is 0 Å². The van der Waals surface area contributed by atoms with Crippen LogP contribution in [0.5, 0.6) is 11.5 Å². The Balaban J connectivity index is 1.50. The van der Waals surface area contributed by atoms with Crippen molar-refractivity contribution < 1.29 is 14.8 Å². The average Bonchev–Trinajstić information content (AvgIpc) is 3.35. The zero-order valence-electron chi connectivity index (χ0n) is 22.1. The molecule has 196 valence electrons. The molecular weight excluding hydrogens is 500 g/mol. The molecule has 0 fully saturated rings. The zero-order valence-corrected chi connectivity index (χ0v) is 23.7. The summed E-state index contributed by atoms with van der Waals surface area (Å²) in [4.78, 5) is 7.84. The van der Waals surface area contributed by atoms with Crippen molar-refractivity contribution in [3.63, 3.8) is 0 Å². The summed E-state index contributed by atoms with van der Waals surface area (Å²) in [6.07, 6.45) is 12.6. The number of phenolic OH excluding ortho intramolecular Hbond substituents is 2. The number of thiazole rings is 1. The molecule has 0 atom stereocenters. The van der Waals surface area contributed by atoms with E-state index in [-0.39, 0.29) is 0 Å². The molecule has 3 aromatic rings. The van der Waals surface area contributed by atoms with E-state index in [0.29, 0.717) is 11.5 Å². The molecule has 2 N–H and O–H groups in total. The Bertz CT molecular complexity index is 1310. The molecule has 4 rings (SSSR count). The van der Waals surface area contributed by atoms with Gasteiger partial charge in [-0.3, -0.25) is 0 Å².